The minimum atomic E-state index is -2.16. The van der Waals surface area contributed by atoms with E-state index in [0.29, 0.717) is 13.1 Å². The van der Waals surface area contributed by atoms with Crippen molar-refractivity contribution >= 4 is 43.7 Å². The maximum atomic E-state index is 13.5. The van der Waals surface area contributed by atoms with Gasteiger partial charge in [-0.3, -0.25) is 4.21 Å². The van der Waals surface area contributed by atoms with E-state index in [0.717, 1.165) is 28.5 Å². The Balaban J connectivity index is 1.99. The number of rotatable bonds is 2. The van der Waals surface area contributed by atoms with Crippen LogP contribution in [-0.2, 0) is 9.71 Å². The Kier molecular flexibility index (Phi) is 3.59. The minimum Gasteiger partial charge on any atom is -0.360 e. The van der Waals surface area contributed by atoms with Crippen molar-refractivity contribution in [2.24, 2.45) is 0 Å². The lowest BCUT2D eigenvalue weighted by atomic mass is 10.00. The quantitative estimate of drug-likeness (QED) is 0.844. The molecule has 1 aliphatic rings. The molecule has 0 radical (unpaired) electrons. The number of nitrogens with zero attached hydrogens (tertiary/aromatic N) is 1. The smallest absolute Gasteiger partial charge is 0.143 e. The molecule has 0 fully saturated rings. The number of nitrogens with one attached hydrogen (secondary N) is 1. The Morgan fingerprint density at radius 2 is 2.24 bits per heavy atom. The van der Waals surface area contributed by atoms with Crippen LogP contribution in [-0.4, -0.2) is 38.7 Å². The third-order valence-electron chi connectivity index (χ3n) is 3.79. The zero-order chi connectivity index (χ0) is 15.2. The molecule has 0 saturated heterocycles. The van der Waals surface area contributed by atoms with Gasteiger partial charge in [0, 0.05) is 51.7 Å². The monoisotopic (exact) mass is 326 g/mol. The molecule has 0 bridgehead atoms. The predicted molar refractivity (Wildman–Crippen MR) is 88.6 cm³/mol. The lowest BCUT2D eigenvalue weighted by molar-refractivity contribution is 0.484. The molecule has 1 aromatic heterocycles. The van der Waals surface area contributed by atoms with E-state index in [-0.39, 0.29) is 5.02 Å². The van der Waals surface area contributed by atoms with E-state index in [1.54, 1.807) is 12.3 Å². The Hall–Kier alpha value is -1.30. The first-order valence-corrected chi connectivity index (χ1v) is 9.06. The van der Waals surface area contributed by atoms with E-state index in [1.807, 2.05) is 10.5 Å². The number of aromatic amines is 1. The molecule has 3 rings (SSSR count). The Bertz CT molecular complexity index is 839. The number of H-pyrrole nitrogens is 1. The van der Waals surface area contributed by atoms with Crippen LogP contribution in [0.15, 0.2) is 24.4 Å². The van der Waals surface area contributed by atoms with Crippen LogP contribution >= 0.6 is 11.6 Å². The molecular formula is C15H16ClFN2OS. The van der Waals surface area contributed by atoms with Crippen LogP contribution in [0.1, 0.15) is 12.0 Å². The van der Waals surface area contributed by atoms with Crippen LogP contribution in [0.2, 0.25) is 5.02 Å². The highest BCUT2D eigenvalue weighted by Crippen LogP contribution is 2.32. The van der Waals surface area contributed by atoms with Gasteiger partial charge in [-0.1, -0.05) is 17.7 Å². The van der Waals surface area contributed by atoms with Crippen LogP contribution in [0, 0.1) is 5.82 Å². The number of benzene rings is 1. The fourth-order valence-corrected chi connectivity index (χ4v) is 3.66. The molecule has 1 aromatic carbocycles. The topological polar surface area (TPSA) is 36.1 Å². The summed E-state index contributed by atoms with van der Waals surface area (Å²) in [5, 5.41) is 1.03. The zero-order valence-corrected chi connectivity index (χ0v) is 13.2. The van der Waals surface area contributed by atoms with Crippen molar-refractivity contribution in [3.63, 3.8) is 0 Å². The highest BCUT2D eigenvalue weighted by molar-refractivity contribution is 7.97. The Labute approximate surface area is 128 Å². The summed E-state index contributed by atoms with van der Waals surface area (Å²) in [6.07, 6.45) is 6.36. The molecule has 1 aliphatic heterocycles. The largest absolute Gasteiger partial charge is 0.360 e. The summed E-state index contributed by atoms with van der Waals surface area (Å²) < 4.78 is 27.3. The van der Waals surface area contributed by atoms with E-state index in [2.05, 4.69) is 16.9 Å². The predicted octanol–water partition coefficient (Wildman–Crippen LogP) is 3.31. The molecule has 1 N–H and O–H groups in total. The Morgan fingerprint density at radius 1 is 1.48 bits per heavy atom. The first kappa shape index (κ1) is 14.6. The van der Waals surface area contributed by atoms with Gasteiger partial charge in [-0.05, 0) is 30.0 Å². The summed E-state index contributed by atoms with van der Waals surface area (Å²) in [5.74, 6) is 3.29. The maximum Gasteiger partial charge on any atom is 0.143 e. The second-order valence-electron chi connectivity index (χ2n) is 5.34. The number of aromatic nitrogens is 1. The number of hydrogen-bond donors (Lipinski definition) is 1. The van der Waals surface area contributed by atoms with Gasteiger partial charge in [-0.15, -0.1) is 0 Å². The van der Waals surface area contributed by atoms with E-state index >= 15 is 0 Å². The van der Waals surface area contributed by atoms with Crippen molar-refractivity contribution in [1.29, 1.82) is 0 Å². The minimum absolute atomic E-state index is 0.121. The molecule has 0 amide bonds. The first-order chi connectivity index (χ1) is 9.86. The number of halogens is 2. The second kappa shape index (κ2) is 5.16. The highest BCUT2D eigenvalue weighted by Gasteiger charge is 2.19. The third-order valence-corrected chi connectivity index (χ3v) is 5.50. The van der Waals surface area contributed by atoms with Gasteiger partial charge in [-0.25, -0.2) is 8.70 Å². The molecule has 112 valence electrons. The molecule has 21 heavy (non-hydrogen) atoms. The molecule has 1 unspecified atom stereocenters. The SMILES string of the molecule is C=S(C)(=O)N1CC=C(c2c[nH]c3cc(F)c(Cl)cc23)CC1. The summed E-state index contributed by atoms with van der Waals surface area (Å²) in [7, 11) is -2.16. The van der Waals surface area contributed by atoms with Crippen LogP contribution < -0.4 is 0 Å². The molecule has 0 aliphatic carbocycles. The van der Waals surface area contributed by atoms with Crippen molar-refractivity contribution in [2.45, 2.75) is 6.42 Å². The number of fused-ring (bicyclic) bond motifs is 1. The molecule has 1 atom stereocenters. The molecule has 6 heteroatoms. The second-order valence-corrected chi connectivity index (χ2v) is 8.18. The van der Waals surface area contributed by atoms with Crippen molar-refractivity contribution in [3.05, 3.63) is 40.8 Å². The molecule has 3 nitrogen and oxygen atoms in total. The molecule has 0 saturated carbocycles. The highest BCUT2D eigenvalue weighted by atomic mass is 35.5. The van der Waals surface area contributed by atoms with Crippen molar-refractivity contribution in [2.75, 3.05) is 19.3 Å². The molecule has 2 heterocycles. The third kappa shape index (κ3) is 2.73. The summed E-state index contributed by atoms with van der Waals surface area (Å²) in [6, 6.07) is 3.06. The average Bonchev–Trinajstić information content (AvgIpc) is 2.81. The lowest BCUT2D eigenvalue weighted by Crippen LogP contribution is -2.33. The van der Waals surface area contributed by atoms with Gasteiger partial charge in [0.05, 0.1) is 5.02 Å². The lowest BCUT2D eigenvalue weighted by Gasteiger charge is -2.27. The molecule has 0 spiro atoms. The van der Waals surface area contributed by atoms with E-state index in [4.69, 9.17) is 11.6 Å². The van der Waals surface area contributed by atoms with Gasteiger partial charge in [0.25, 0.3) is 0 Å². The van der Waals surface area contributed by atoms with E-state index in [1.165, 1.54) is 6.07 Å². The number of hydrogen-bond acceptors (Lipinski definition) is 1. The summed E-state index contributed by atoms with van der Waals surface area (Å²) in [5.41, 5.74) is 2.91. The molecular weight excluding hydrogens is 311 g/mol. The maximum absolute atomic E-state index is 13.5. The summed E-state index contributed by atoms with van der Waals surface area (Å²) >= 11 is 5.88. The van der Waals surface area contributed by atoms with E-state index < -0.39 is 15.5 Å². The Morgan fingerprint density at radius 3 is 2.86 bits per heavy atom. The fourth-order valence-electron chi connectivity index (χ4n) is 2.63. The summed E-state index contributed by atoms with van der Waals surface area (Å²) in [6.45, 7) is 1.31. The van der Waals surface area contributed by atoms with Crippen molar-refractivity contribution < 1.29 is 8.60 Å². The van der Waals surface area contributed by atoms with Gasteiger partial charge in [0.2, 0.25) is 0 Å². The zero-order valence-electron chi connectivity index (χ0n) is 11.7. The van der Waals surface area contributed by atoms with Crippen molar-refractivity contribution in [3.8, 4) is 0 Å². The van der Waals surface area contributed by atoms with Gasteiger partial charge in [0.15, 0.2) is 0 Å². The normalized spacial score (nSPS) is 19.5. The first-order valence-electron chi connectivity index (χ1n) is 6.59. The van der Waals surface area contributed by atoms with Gasteiger partial charge in [-0.2, -0.15) is 0 Å². The molecule has 2 aromatic rings. The van der Waals surface area contributed by atoms with Crippen LogP contribution in [0.3, 0.4) is 0 Å². The van der Waals surface area contributed by atoms with Crippen LogP contribution in [0.4, 0.5) is 4.39 Å². The standard InChI is InChI=1S/C15H16ClFN2OS/c1-21(2,20)19-5-3-10(4-6-19)12-9-18-15-8-14(17)13(16)7-11(12)15/h3,7-9,18H,1,4-6H2,2H3. The average molecular weight is 327 g/mol. The van der Waals surface area contributed by atoms with Crippen LogP contribution in [0.25, 0.3) is 16.5 Å². The van der Waals surface area contributed by atoms with Gasteiger partial charge in [0.1, 0.15) is 5.82 Å². The van der Waals surface area contributed by atoms with Crippen molar-refractivity contribution in [1.82, 2.24) is 9.29 Å². The summed E-state index contributed by atoms with van der Waals surface area (Å²) in [4.78, 5) is 3.07. The van der Waals surface area contributed by atoms with E-state index in [9.17, 15) is 8.60 Å². The fraction of sp³-hybridized carbons (Fsp3) is 0.267. The van der Waals surface area contributed by atoms with Gasteiger partial charge >= 0.3 is 0 Å². The van der Waals surface area contributed by atoms with Crippen LogP contribution in [0.5, 0.6) is 0 Å². The van der Waals surface area contributed by atoms with Gasteiger partial charge < -0.3 is 4.98 Å².